The number of methoxy groups -OCH3 is 1. The van der Waals surface area contributed by atoms with Gasteiger partial charge in [0.15, 0.2) is 0 Å². The highest BCUT2D eigenvalue weighted by Crippen LogP contribution is 2.41. The van der Waals surface area contributed by atoms with Crippen LogP contribution in [0.25, 0.3) is 5.76 Å². The van der Waals surface area contributed by atoms with E-state index in [0.717, 1.165) is 22.3 Å². The van der Waals surface area contributed by atoms with Crippen LogP contribution in [0, 0.1) is 0 Å². The minimum atomic E-state index is -0.719. The number of ether oxygens (including phenoxy) is 1. The van der Waals surface area contributed by atoms with Gasteiger partial charge in [0.25, 0.3) is 11.7 Å². The molecular formula is C30H32N2O4. The molecule has 0 bridgehead atoms. The first-order valence-electron chi connectivity index (χ1n) is 12.2. The zero-order chi connectivity index (χ0) is 26.0. The Morgan fingerprint density at radius 3 is 2.22 bits per heavy atom. The van der Waals surface area contributed by atoms with E-state index in [4.69, 9.17) is 4.74 Å². The summed E-state index contributed by atoms with van der Waals surface area (Å²) in [6.45, 7) is 8.51. The fraction of sp³-hybridized carbons (Fsp3) is 0.300. The molecule has 36 heavy (non-hydrogen) atoms. The van der Waals surface area contributed by atoms with Crippen molar-refractivity contribution in [1.82, 2.24) is 9.88 Å². The highest BCUT2D eigenvalue weighted by molar-refractivity contribution is 6.46. The number of carbonyl (C=O) groups excluding carboxylic acids is 2. The number of benzene rings is 2. The summed E-state index contributed by atoms with van der Waals surface area (Å²) < 4.78 is 5.48. The minimum absolute atomic E-state index is 0.0891. The molecule has 0 radical (unpaired) electrons. The Bertz CT molecular complexity index is 1290. The number of hydrogen-bond acceptors (Lipinski definition) is 5. The lowest BCUT2D eigenvalue weighted by atomic mass is 9.92. The molecule has 1 aliphatic rings. The number of rotatable bonds is 7. The monoisotopic (exact) mass is 484 g/mol. The van der Waals surface area contributed by atoms with Gasteiger partial charge in [-0.15, -0.1) is 0 Å². The molecule has 2 aromatic carbocycles. The fourth-order valence-electron chi connectivity index (χ4n) is 4.63. The van der Waals surface area contributed by atoms with Gasteiger partial charge in [-0.3, -0.25) is 14.6 Å². The first kappa shape index (κ1) is 25.2. The van der Waals surface area contributed by atoms with Crippen molar-refractivity contribution in [3.05, 3.63) is 100 Å². The highest BCUT2D eigenvalue weighted by atomic mass is 16.5. The molecule has 1 atom stereocenters. The summed E-state index contributed by atoms with van der Waals surface area (Å²) in [5, 5.41) is 11.5. The lowest BCUT2D eigenvalue weighted by molar-refractivity contribution is -0.140. The molecule has 6 nitrogen and oxygen atoms in total. The molecule has 0 spiro atoms. The second kappa shape index (κ2) is 10.4. The van der Waals surface area contributed by atoms with Crippen molar-refractivity contribution in [1.29, 1.82) is 0 Å². The summed E-state index contributed by atoms with van der Waals surface area (Å²) in [7, 11) is 1.60. The average Bonchev–Trinajstić information content (AvgIpc) is 3.13. The number of hydrogen-bond donors (Lipinski definition) is 1. The summed E-state index contributed by atoms with van der Waals surface area (Å²) in [5.74, 6) is -0.323. The Labute approximate surface area is 212 Å². The van der Waals surface area contributed by atoms with Crippen LogP contribution >= 0.6 is 0 Å². The van der Waals surface area contributed by atoms with E-state index in [0.29, 0.717) is 17.2 Å². The maximum atomic E-state index is 13.4. The molecule has 1 unspecified atom stereocenters. The standard InChI is InChI=1S/C30H32N2O4/c1-18(2)21-6-8-22(9-7-21)27-26(28(33)23-10-11-25(36-5)24(16-23)19(3)4)29(34)30(35)32(27)17-20-12-14-31-15-13-20/h6-16,18-19,27,33H,17H2,1-5H3/b28-26-. The number of pyridine rings is 1. The van der Waals surface area contributed by atoms with Crippen molar-refractivity contribution >= 4 is 17.4 Å². The van der Waals surface area contributed by atoms with E-state index in [2.05, 4.69) is 18.8 Å². The van der Waals surface area contributed by atoms with Gasteiger partial charge >= 0.3 is 0 Å². The van der Waals surface area contributed by atoms with Crippen LogP contribution in [0.5, 0.6) is 5.75 Å². The zero-order valence-electron chi connectivity index (χ0n) is 21.4. The second-order valence-electron chi connectivity index (χ2n) is 9.72. The minimum Gasteiger partial charge on any atom is -0.507 e. The third kappa shape index (κ3) is 4.76. The van der Waals surface area contributed by atoms with Gasteiger partial charge in [0.2, 0.25) is 0 Å². The van der Waals surface area contributed by atoms with Crippen LogP contribution in [0.2, 0.25) is 0 Å². The van der Waals surface area contributed by atoms with Gasteiger partial charge in [-0.05, 0) is 64.4 Å². The van der Waals surface area contributed by atoms with E-state index in [1.165, 1.54) is 4.90 Å². The quantitative estimate of drug-likeness (QED) is 0.254. The molecule has 186 valence electrons. The fourth-order valence-corrected chi connectivity index (χ4v) is 4.63. The number of aromatic nitrogens is 1. The number of aliphatic hydroxyl groups excluding tert-OH is 1. The third-order valence-electron chi connectivity index (χ3n) is 6.69. The Morgan fingerprint density at radius 2 is 1.64 bits per heavy atom. The summed E-state index contributed by atoms with van der Waals surface area (Å²) >= 11 is 0. The number of aliphatic hydroxyl groups is 1. The third-order valence-corrected chi connectivity index (χ3v) is 6.69. The van der Waals surface area contributed by atoms with Crippen LogP contribution in [0.1, 0.15) is 73.4 Å². The van der Waals surface area contributed by atoms with Gasteiger partial charge in [0.1, 0.15) is 11.5 Å². The number of nitrogens with zero attached hydrogens (tertiary/aromatic N) is 2. The van der Waals surface area contributed by atoms with Crippen molar-refractivity contribution in [2.24, 2.45) is 0 Å². The number of likely N-dealkylation sites (tertiary alicyclic amines) is 1. The molecule has 3 aromatic rings. The largest absolute Gasteiger partial charge is 0.507 e. The van der Waals surface area contributed by atoms with Crippen molar-refractivity contribution < 1.29 is 19.4 Å². The van der Waals surface area contributed by atoms with Crippen LogP contribution in [-0.2, 0) is 16.1 Å². The molecule has 6 heteroatoms. The maximum Gasteiger partial charge on any atom is 0.295 e. The van der Waals surface area contributed by atoms with Crippen molar-refractivity contribution in [2.45, 2.75) is 52.1 Å². The number of amides is 1. The summed E-state index contributed by atoms with van der Waals surface area (Å²) in [6, 6.07) is 16.1. The lowest BCUT2D eigenvalue weighted by Crippen LogP contribution is -2.29. The zero-order valence-corrected chi connectivity index (χ0v) is 21.4. The van der Waals surface area contributed by atoms with E-state index in [1.54, 1.807) is 31.6 Å². The van der Waals surface area contributed by atoms with Gasteiger partial charge in [0.05, 0.1) is 18.7 Å². The predicted molar refractivity (Wildman–Crippen MR) is 140 cm³/mol. The van der Waals surface area contributed by atoms with Gasteiger partial charge in [-0.2, -0.15) is 0 Å². The van der Waals surface area contributed by atoms with Gasteiger partial charge in [0, 0.05) is 24.5 Å². The van der Waals surface area contributed by atoms with Crippen molar-refractivity contribution in [2.75, 3.05) is 7.11 Å². The Morgan fingerprint density at radius 1 is 0.972 bits per heavy atom. The molecule has 1 aromatic heterocycles. The van der Waals surface area contributed by atoms with E-state index in [-0.39, 0.29) is 23.8 Å². The Hall–Kier alpha value is -3.93. The van der Waals surface area contributed by atoms with Crippen LogP contribution in [0.15, 0.2) is 72.6 Å². The molecule has 1 N–H and O–H groups in total. The summed E-state index contributed by atoms with van der Waals surface area (Å²) in [5.41, 5.74) is 4.25. The normalized spacial score (nSPS) is 17.3. The second-order valence-corrected chi connectivity index (χ2v) is 9.72. The predicted octanol–water partition coefficient (Wildman–Crippen LogP) is 5.96. The Balaban J connectivity index is 1.87. The average molecular weight is 485 g/mol. The highest BCUT2D eigenvalue weighted by Gasteiger charge is 2.46. The smallest absolute Gasteiger partial charge is 0.295 e. The van der Waals surface area contributed by atoms with Gasteiger partial charge < -0.3 is 14.7 Å². The SMILES string of the molecule is COc1ccc(/C(O)=C2/C(=O)C(=O)N(Cc3ccncc3)C2c2ccc(C(C)C)cc2)cc1C(C)C. The molecule has 1 aliphatic heterocycles. The van der Waals surface area contributed by atoms with Crippen LogP contribution < -0.4 is 4.74 Å². The van der Waals surface area contributed by atoms with Crippen molar-refractivity contribution in [3.63, 3.8) is 0 Å². The first-order chi connectivity index (χ1) is 17.2. The molecule has 2 heterocycles. The van der Waals surface area contributed by atoms with Crippen molar-refractivity contribution in [3.8, 4) is 5.75 Å². The number of ketones is 1. The Kier molecular flexibility index (Phi) is 7.25. The topological polar surface area (TPSA) is 79.7 Å². The molecule has 1 saturated heterocycles. The van der Waals surface area contributed by atoms with Crippen LogP contribution in [0.4, 0.5) is 0 Å². The van der Waals surface area contributed by atoms with E-state index in [9.17, 15) is 14.7 Å². The number of Topliss-reactive ketones (excluding diaryl/α,β-unsaturated/α-hetero) is 1. The first-order valence-corrected chi connectivity index (χ1v) is 12.2. The molecule has 4 rings (SSSR count). The molecule has 0 aliphatic carbocycles. The maximum absolute atomic E-state index is 13.4. The molecular weight excluding hydrogens is 452 g/mol. The summed E-state index contributed by atoms with van der Waals surface area (Å²) in [4.78, 5) is 32.2. The van der Waals surface area contributed by atoms with E-state index in [1.807, 2.05) is 56.3 Å². The molecule has 0 saturated carbocycles. The van der Waals surface area contributed by atoms with E-state index >= 15 is 0 Å². The van der Waals surface area contributed by atoms with Crippen LogP contribution in [0.3, 0.4) is 0 Å². The van der Waals surface area contributed by atoms with Gasteiger partial charge in [-0.1, -0.05) is 52.0 Å². The number of carbonyl (C=O) groups is 2. The molecule has 1 fully saturated rings. The summed E-state index contributed by atoms with van der Waals surface area (Å²) in [6.07, 6.45) is 3.31. The van der Waals surface area contributed by atoms with Gasteiger partial charge in [-0.25, -0.2) is 0 Å². The lowest BCUT2D eigenvalue weighted by Gasteiger charge is -2.26. The van der Waals surface area contributed by atoms with E-state index < -0.39 is 17.7 Å². The van der Waals surface area contributed by atoms with Crippen LogP contribution in [-0.4, -0.2) is 33.8 Å². The molecule has 1 amide bonds.